The molecule has 28 heavy (non-hydrogen) atoms. The Morgan fingerprint density at radius 1 is 1.11 bits per heavy atom. The number of phenolic OH excluding ortho intramolecular Hbond substituents is 1. The third kappa shape index (κ3) is 3.75. The smallest absolute Gasteiger partial charge is 0.126 e. The first-order valence-corrected chi connectivity index (χ1v) is 10.0. The lowest BCUT2D eigenvalue weighted by Gasteiger charge is -2.46. The van der Waals surface area contributed by atoms with Crippen LogP contribution >= 0.6 is 0 Å². The average molecular weight is 383 g/mol. The lowest BCUT2D eigenvalue weighted by molar-refractivity contribution is -0.0588. The van der Waals surface area contributed by atoms with Crippen LogP contribution in [0.15, 0.2) is 36.4 Å². The number of β-amino-alcohol motifs (C(OH)–C–C–N with tert-alkyl or cyclic N) is 1. The Morgan fingerprint density at radius 3 is 2.57 bits per heavy atom. The van der Waals surface area contributed by atoms with Crippen LogP contribution in [0.2, 0.25) is 0 Å². The Hall–Kier alpha value is -2.08. The number of nitrogens with zero attached hydrogens (tertiary/aromatic N) is 1. The fourth-order valence-corrected chi connectivity index (χ4v) is 4.40. The van der Waals surface area contributed by atoms with Gasteiger partial charge < -0.3 is 25.0 Å². The molecular formula is C23H29NO4. The zero-order chi connectivity index (χ0) is 19.9. The van der Waals surface area contributed by atoms with Gasteiger partial charge in [0.05, 0.1) is 12.2 Å². The number of phenols is 1. The molecule has 2 atom stereocenters. The maximum absolute atomic E-state index is 10.7. The molecule has 0 amide bonds. The molecule has 2 aliphatic heterocycles. The predicted octanol–water partition coefficient (Wildman–Crippen LogP) is 3.39. The van der Waals surface area contributed by atoms with Crippen LogP contribution in [0.3, 0.4) is 0 Å². The molecule has 2 aromatic rings. The Labute approximate surface area is 166 Å². The lowest BCUT2D eigenvalue weighted by atomic mass is 9.81. The number of piperidine rings is 1. The third-order valence-corrected chi connectivity index (χ3v) is 6.36. The van der Waals surface area contributed by atoms with Crippen molar-refractivity contribution in [2.45, 2.75) is 50.9 Å². The van der Waals surface area contributed by atoms with Gasteiger partial charge in [-0.05, 0) is 61.6 Å². The highest BCUT2D eigenvalue weighted by molar-refractivity contribution is 5.43. The van der Waals surface area contributed by atoms with E-state index in [1.54, 1.807) is 18.2 Å². The zero-order valence-electron chi connectivity index (χ0n) is 16.6. The van der Waals surface area contributed by atoms with Gasteiger partial charge in [-0.15, -0.1) is 0 Å². The Kier molecular flexibility index (Phi) is 5.08. The van der Waals surface area contributed by atoms with E-state index in [0.717, 1.165) is 31.5 Å². The summed E-state index contributed by atoms with van der Waals surface area (Å²) >= 11 is 0. The number of aryl methyl sites for hydroxylation is 2. The Balaban J connectivity index is 1.39. The minimum Gasteiger partial charge on any atom is -0.508 e. The average Bonchev–Trinajstić information content (AvgIpc) is 2.67. The molecule has 0 radical (unpaired) electrons. The Bertz CT molecular complexity index is 858. The lowest BCUT2D eigenvalue weighted by Crippen LogP contribution is -2.51. The van der Waals surface area contributed by atoms with Crippen LogP contribution in [0.4, 0.5) is 0 Å². The monoisotopic (exact) mass is 383 g/mol. The number of hydrogen-bond acceptors (Lipinski definition) is 5. The van der Waals surface area contributed by atoms with E-state index in [-0.39, 0.29) is 11.4 Å². The largest absolute Gasteiger partial charge is 0.508 e. The van der Waals surface area contributed by atoms with E-state index in [0.29, 0.717) is 24.3 Å². The minimum atomic E-state index is -0.622. The highest BCUT2D eigenvalue weighted by Crippen LogP contribution is 2.45. The van der Waals surface area contributed by atoms with Crippen LogP contribution in [0.5, 0.6) is 11.5 Å². The van der Waals surface area contributed by atoms with Gasteiger partial charge in [-0.25, -0.2) is 0 Å². The first-order chi connectivity index (χ1) is 13.3. The molecule has 5 heteroatoms. The van der Waals surface area contributed by atoms with Crippen molar-refractivity contribution in [2.75, 3.05) is 19.6 Å². The van der Waals surface area contributed by atoms with Crippen molar-refractivity contribution in [1.82, 2.24) is 4.90 Å². The van der Waals surface area contributed by atoms with Gasteiger partial charge in [0.1, 0.15) is 17.1 Å². The van der Waals surface area contributed by atoms with Gasteiger partial charge in [-0.3, -0.25) is 0 Å². The second-order valence-electron chi connectivity index (χ2n) is 8.39. The number of aliphatic hydroxyl groups excluding tert-OH is 2. The minimum absolute atomic E-state index is 0.146. The van der Waals surface area contributed by atoms with Gasteiger partial charge in [-0.2, -0.15) is 0 Å². The molecule has 2 aliphatic rings. The van der Waals surface area contributed by atoms with Crippen LogP contribution in [-0.2, 0) is 0 Å². The summed E-state index contributed by atoms with van der Waals surface area (Å²) in [4.78, 5) is 2.27. The number of fused-ring (bicyclic) bond motifs is 1. The molecular weight excluding hydrogens is 354 g/mol. The van der Waals surface area contributed by atoms with Gasteiger partial charge in [0.25, 0.3) is 0 Å². The van der Waals surface area contributed by atoms with Gasteiger partial charge in [0.15, 0.2) is 0 Å². The van der Waals surface area contributed by atoms with Gasteiger partial charge in [0, 0.05) is 31.6 Å². The fraction of sp³-hybridized carbons (Fsp3) is 0.478. The van der Waals surface area contributed by atoms with Crippen molar-refractivity contribution in [3.8, 4) is 11.5 Å². The summed E-state index contributed by atoms with van der Waals surface area (Å²) in [5.41, 5.74) is 3.69. The summed E-state index contributed by atoms with van der Waals surface area (Å²) in [6.45, 7) is 6.39. The van der Waals surface area contributed by atoms with Crippen LogP contribution in [0, 0.1) is 13.8 Å². The molecule has 0 bridgehead atoms. The molecule has 0 saturated carbocycles. The van der Waals surface area contributed by atoms with Gasteiger partial charge >= 0.3 is 0 Å². The number of aromatic hydroxyl groups is 1. The number of ether oxygens (including phenoxy) is 1. The molecule has 0 aromatic heterocycles. The fourth-order valence-electron chi connectivity index (χ4n) is 4.40. The van der Waals surface area contributed by atoms with Gasteiger partial charge in [-0.1, -0.05) is 18.2 Å². The molecule has 2 aromatic carbocycles. The van der Waals surface area contributed by atoms with E-state index in [9.17, 15) is 15.3 Å². The Morgan fingerprint density at radius 2 is 1.86 bits per heavy atom. The van der Waals surface area contributed by atoms with Crippen molar-refractivity contribution < 1.29 is 20.1 Å². The van der Waals surface area contributed by atoms with Crippen LogP contribution < -0.4 is 4.74 Å². The molecule has 1 spiro atoms. The summed E-state index contributed by atoms with van der Waals surface area (Å²) < 4.78 is 6.29. The molecule has 5 nitrogen and oxygen atoms in total. The second-order valence-corrected chi connectivity index (χ2v) is 8.39. The number of aliphatic hydroxyl groups is 2. The summed E-state index contributed by atoms with van der Waals surface area (Å²) in [6, 6.07) is 11.1. The standard InChI is InChI=1S/C23H29NO4/c1-15-3-4-17(11-16(15)2)21(27)14-24-9-7-23(8-10-24)13-20(26)19-12-18(25)5-6-22(19)28-23/h3-6,11-12,20-21,25-27H,7-10,13-14H2,1-2H3. The quantitative estimate of drug-likeness (QED) is 0.758. The highest BCUT2D eigenvalue weighted by Gasteiger charge is 2.43. The third-order valence-electron chi connectivity index (χ3n) is 6.36. The van der Waals surface area contributed by atoms with Crippen molar-refractivity contribution in [2.24, 2.45) is 0 Å². The van der Waals surface area contributed by atoms with Crippen LogP contribution in [0.1, 0.15) is 53.7 Å². The topological polar surface area (TPSA) is 73.2 Å². The van der Waals surface area contributed by atoms with Crippen LogP contribution in [0.25, 0.3) is 0 Å². The SMILES string of the molecule is Cc1ccc(C(O)CN2CCC3(CC2)CC(O)c2cc(O)ccc2O3)cc1C. The molecule has 2 heterocycles. The summed E-state index contributed by atoms with van der Waals surface area (Å²) in [6.07, 6.45) is 1.03. The second kappa shape index (κ2) is 7.39. The summed E-state index contributed by atoms with van der Waals surface area (Å²) in [7, 11) is 0. The van der Waals surface area contributed by atoms with Crippen molar-refractivity contribution in [3.05, 3.63) is 58.7 Å². The molecule has 0 aliphatic carbocycles. The van der Waals surface area contributed by atoms with E-state index in [2.05, 4.69) is 30.9 Å². The molecule has 1 saturated heterocycles. The van der Waals surface area contributed by atoms with Crippen molar-refractivity contribution in [3.63, 3.8) is 0 Å². The molecule has 150 valence electrons. The normalized spacial score (nSPS) is 22.5. The molecule has 4 rings (SSSR count). The predicted molar refractivity (Wildman–Crippen MR) is 108 cm³/mol. The zero-order valence-corrected chi connectivity index (χ0v) is 16.6. The van der Waals surface area contributed by atoms with E-state index >= 15 is 0 Å². The van der Waals surface area contributed by atoms with Crippen molar-refractivity contribution in [1.29, 1.82) is 0 Å². The molecule has 2 unspecified atom stereocenters. The summed E-state index contributed by atoms with van der Waals surface area (Å²) in [5.74, 6) is 0.813. The first-order valence-electron chi connectivity index (χ1n) is 10.0. The number of likely N-dealkylation sites (tertiary alicyclic amines) is 1. The van der Waals surface area contributed by atoms with E-state index in [1.807, 2.05) is 6.07 Å². The van der Waals surface area contributed by atoms with Crippen LogP contribution in [-0.4, -0.2) is 45.5 Å². The van der Waals surface area contributed by atoms with E-state index in [1.165, 1.54) is 11.1 Å². The number of benzene rings is 2. The van der Waals surface area contributed by atoms with Gasteiger partial charge in [0.2, 0.25) is 0 Å². The van der Waals surface area contributed by atoms with E-state index in [4.69, 9.17) is 4.74 Å². The highest BCUT2D eigenvalue weighted by atomic mass is 16.5. The maximum Gasteiger partial charge on any atom is 0.126 e. The number of hydrogen-bond donors (Lipinski definition) is 3. The maximum atomic E-state index is 10.7. The molecule has 3 N–H and O–H groups in total. The molecule has 1 fully saturated rings. The first kappa shape index (κ1) is 19.2. The summed E-state index contributed by atoms with van der Waals surface area (Å²) in [5, 5.41) is 30.9. The van der Waals surface area contributed by atoms with Crippen molar-refractivity contribution >= 4 is 0 Å². The van der Waals surface area contributed by atoms with E-state index < -0.39 is 12.2 Å². The number of rotatable bonds is 3.